The van der Waals surface area contributed by atoms with Gasteiger partial charge < -0.3 is 10.1 Å². The zero-order valence-electron chi connectivity index (χ0n) is 6.53. The molecular weight excluding hydrogens is 168 g/mol. The van der Waals surface area contributed by atoms with Gasteiger partial charge in [-0.1, -0.05) is 0 Å². The van der Waals surface area contributed by atoms with Crippen LogP contribution in [0.15, 0.2) is 0 Å². The molecule has 0 aliphatic heterocycles. The zero-order chi connectivity index (χ0) is 7.98. The van der Waals surface area contributed by atoms with Gasteiger partial charge in [-0.05, 0) is 6.32 Å². The Morgan fingerprint density at radius 2 is 2.18 bits per heavy atom. The average molecular weight is 173 g/mol. The van der Waals surface area contributed by atoms with Gasteiger partial charge >= 0.3 is 58.3 Å². The summed E-state index contributed by atoms with van der Waals surface area (Å²) >= 11 is 0. The summed E-state index contributed by atoms with van der Waals surface area (Å²) in [4.78, 5) is 0. The van der Waals surface area contributed by atoms with E-state index in [0.717, 1.165) is 0 Å². The Bertz CT molecular complexity index is 207. The van der Waals surface area contributed by atoms with Crippen molar-refractivity contribution >= 4 is 12.6 Å². The summed E-state index contributed by atoms with van der Waals surface area (Å²) in [6.45, 7) is -0.723. The van der Waals surface area contributed by atoms with Gasteiger partial charge in [0, 0.05) is 13.1 Å². The summed E-state index contributed by atoms with van der Waals surface area (Å²) in [6, 6.07) is 1.51. The molecule has 0 unspecified atom stereocenters. The minimum Gasteiger partial charge on any atom is -0.799 e. The molecular formula is C5H5BKN3O. The van der Waals surface area contributed by atoms with E-state index in [1.54, 1.807) is 5.97 Å². The Morgan fingerprint density at radius 1 is 1.64 bits per heavy atom. The third-order valence-electron chi connectivity index (χ3n) is 0.936. The van der Waals surface area contributed by atoms with Crippen LogP contribution in [0.25, 0.3) is 5.41 Å². The molecule has 11 heavy (non-hydrogen) atoms. The topological polar surface area (TPSA) is 79.1 Å². The summed E-state index contributed by atoms with van der Waals surface area (Å²) in [7, 11) is 1.35. The standard InChI is InChI=1S/C5H5BN3O.K/c1-10-6(4-8)2-5(9)3-7;/h2H2,1H3;/q-1;+1. The van der Waals surface area contributed by atoms with E-state index in [2.05, 4.69) is 4.65 Å². The number of hydrogen-bond donors (Lipinski definition) is 0. The van der Waals surface area contributed by atoms with Crippen LogP contribution in [-0.4, -0.2) is 19.7 Å². The Labute approximate surface area is 109 Å². The molecule has 4 nitrogen and oxygen atoms in total. The molecule has 0 atom stereocenters. The van der Waals surface area contributed by atoms with Crippen LogP contribution in [0.2, 0.25) is 6.32 Å². The van der Waals surface area contributed by atoms with E-state index in [4.69, 9.17) is 15.9 Å². The van der Waals surface area contributed by atoms with Crippen LogP contribution >= 0.6 is 0 Å². The maximum atomic E-state index is 8.62. The van der Waals surface area contributed by atoms with E-state index in [1.807, 2.05) is 0 Å². The first-order valence-electron chi connectivity index (χ1n) is 2.62. The molecule has 0 aromatic rings. The van der Waals surface area contributed by atoms with Crippen LogP contribution in [0.5, 0.6) is 0 Å². The molecule has 0 fully saturated rings. The van der Waals surface area contributed by atoms with E-state index in [0.29, 0.717) is 0 Å². The van der Waals surface area contributed by atoms with Gasteiger partial charge in [0.2, 0.25) is 0 Å². The molecule has 50 valence electrons. The Morgan fingerprint density at radius 3 is 2.45 bits per heavy atom. The van der Waals surface area contributed by atoms with E-state index >= 15 is 0 Å². The van der Waals surface area contributed by atoms with Crippen LogP contribution in [0.3, 0.4) is 0 Å². The molecule has 0 saturated carbocycles. The molecule has 0 rings (SSSR count). The first kappa shape index (κ1) is 13.9. The fraction of sp³-hybridized carbons (Fsp3) is 0.400. The van der Waals surface area contributed by atoms with Gasteiger partial charge in [-0.25, -0.2) is 5.26 Å². The van der Waals surface area contributed by atoms with Crippen LogP contribution in [-0.2, 0) is 4.65 Å². The Kier molecular flexibility index (Phi) is 10.6. The van der Waals surface area contributed by atoms with Crippen LogP contribution in [0, 0.1) is 22.6 Å². The number of rotatable bonds is 3. The molecule has 0 aliphatic carbocycles. The van der Waals surface area contributed by atoms with Crippen molar-refractivity contribution in [1.82, 2.24) is 0 Å². The van der Waals surface area contributed by atoms with E-state index in [9.17, 15) is 0 Å². The van der Waals surface area contributed by atoms with Crippen LogP contribution < -0.4 is 51.4 Å². The van der Waals surface area contributed by atoms with Crippen molar-refractivity contribution in [1.29, 1.82) is 10.5 Å². The van der Waals surface area contributed by atoms with Crippen molar-refractivity contribution in [2.24, 2.45) is 0 Å². The minimum atomic E-state index is -0.723. The minimum absolute atomic E-state index is 0. The molecule has 0 N–H and O–H groups in total. The van der Waals surface area contributed by atoms with Gasteiger partial charge in [-0.2, -0.15) is 5.26 Å². The second kappa shape index (κ2) is 8.41. The van der Waals surface area contributed by atoms with Gasteiger partial charge in [0.1, 0.15) is 0 Å². The quantitative estimate of drug-likeness (QED) is 0.342. The third kappa shape index (κ3) is 6.70. The SMILES string of the molecule is COB(C#N)CC(=[N-])C#N.[K+]. The van der Waals surface area contributed by atoms with Crippen LogP contribution in [0.1, 0.15) is 0 Å². The molecule has 0 bridgehead atoms. The average Bonchev–Trinajstić information content (AvgIpc) is 1.99. The normalized spacial score (nSPS) is 6.82. The molecule has 0 heterocycles. The summed E-state index contributed by atoms with van der Waals surface area (Å²) in [6.07, 6.45) is -0.0382. The van der Waals surface area contributed by atoms with Crippen molar-refractivity contribution in [3.8, 4) is 12.0 Å². The Hall–Kier alpha value is 0.311. The fourth-order valence-electron chi connectivity index (χ4n) is 0.403. The monoisotopic (exact) mass is 173 g/mol. The van der Waals surface area contributed by atoms with Crippen molar-refractivity contribution in [2.45, 2.75) is 6.32 Å². The van der Waals surface area contributed by atoms with E-state index in [1.165, 1.54) is 13.2 Å². The first-order valence-corrected chi connectivity index (χ1v) is 2.62. The molecule has 0 saturated heterocycles. The van der Waals surface area contributed by atoms with E-state index < -0.39 is 6.92 Å². The number of hydrogen-bond acceptors (Lipinski definition) is 3. The van der Waals surface area contributed by atoms with Crippen molar-refractivity contribution in [3.05, 3.63) is 5.41 Å². The predicted octanol–water partition coefficient (Wildman–Crippen LogP) is -2.77. The number of nitriles is 2. The molecule has 0 aromatic heterocycles. The van der Waals surface area contributed by atoms with Gasteiger partial charge in [-0.3, -0.25) is 0 Å². The summed E-state index contributed by atoms with van der Waals surface area (Å²) in [5.41, 5.74) is -0.381. The second-order valence-corrected chi connectivity index (χ2v) is 1.62. The fourth-order valence-corrected chi connectivity index (χ4v) is 0.403. The van der Waals surface area contributed by atoms with Crippen molar-refractivity contribution in [3.63, 3.8) is 0 Å². The maximum Gasteiger partial charge on any atom is 1.00 e. The first-order chi connectivity index (χ1) is 4.74. The summed E-state index contributed by atoms with van der Waals surface area (Å²) in [5, 5.41) is 24.9. The van der Waals surface area contributed by atoms with Gasteiger partial charge in [0.25, 0.3) is 0 Å². The van der Waals surface area contributed by atoms with Gasteiger partial charge in [0.05, 0.1) is 6.07 Å². The predicted molar refractivity (Wildman–Crippen MR) is 37.2 cm³/mol. The van der Waals surface area contributed by atoms with Gasteiger partial charge in [-0.15, -0.1) is 5.71 Å². The maximum absolute atomic E-state index is 8.62. The molecule has 0 amide bonds. The zero-order valence-corrected chi connectivity index (χ0v) is 9.66. The molecule has 0 spiro atoms. The smallest absolute Gasteiger partial charge is 0.799 e. The molecule has 0 radical (unpaired) electrons. The van der Waals surface area contributed by atoms with Gasteiger partial charge in [0.15, 0.2) is 0 Å². The third-order valence-corrected chi connectivity index (χ3v) is 0.936. The van der Waals surface area contributed by atoms with Crippen molar-refractivity contribution in [2.75, 3.05) is 7.11 Å². The molecule has 6 heteroatoms. The molecule has 0 aliphatic rings. The largest absolute Gasteiger partial charge is 1.00 e. The molecule has 0 aromatic carbocycles. The Balaban J connectivity index is 0. The van der Waals surface area contributed by atoms with Crippen molar-refractivity contribution < 1.29 is 56.0 Å². The number of nitrogens with zero attached hydrogens (tertiary/aromatic N) is 3. The summed E-state index contributed by atoms with van der Waals surface area (Å²) < 4.78 is 4.58. The van der Waals surface area contributed by atoms with Crippen LogP contribution in [0.4, 0.5) is 0 Å². The van der Waals surface area contributed by atoms with E-state index in [-0.39, 0.29) is 63.4 Å². The second-order valence-electron chi connectivity index (χ2n) is 1.62. The summed E-state index contributed by atoms with van der Waals surface area (Å²) in [5.74, 6) is 1.76.